The van der Waals surface area contributed by atoms with Crippen molar-refractivity contribution in [1.82, 2.24) is 15.1 Å². The largest absolute Gasteiger partial charge is 0.379 e. The van der Waals surface area contributed by atoms with Crippen LogP contribution in [0, 0.1) is 11.6 Å². The molecule has 2 aliphatic heterocycles. The molecule has 0 radical (unpaired) electrons. The molecule has 2 saturated heterocycles. The number of piperazine rings is 1. The zero-order chi connectivity index (χ0) is 19.8. The smallest absolute Gasteiger partial charge is 0.194 e. The van der Waals surface area contributed by atoms with Gasteiger partial charge in [-0.05, 0) is 25.5 Å². The monoisotopic (exact) mass is 395 g/mol. The summed E-state index contributed by atoms with van der Waals surface area (Å²) in [5.74, 6) is 0.122. The topological polar surface area (TPSA) is 43.3 Å². The van der Waals surface area contributed by atoms with Gasteiger partial charge in [0.15, 0.2) is 5.96 Å². The molecule has 156 valence electrons. The second kappa shape index (κ2) is 10.6. The van der Waals surface area contributed by atoms with Crippen LogP contribution in [0.3, 0.4) is 0 Å². The summed E-state index contributed by atoms with van der Waals surface area (Å²) in [6.45, 7) is 11.1. The van der Waals surface area contributed by atoms with E-state index in [2.05, 4.69) is 22.0 Å². The fourth-order valence-electron chi connectivity index (χ4n) is 3.62. The minimum atomic E-state index is -0.408. The number of nitrogens with zero attached hydrogens (tertiary/aromatic N) is 4. The molecule has 0 amide bonds. The molecule has 2 aliphatic rings. The Labute approximate surface area is 166 Å². The molecule has 1 aromatic carbocycles. The van der Waals surface area contributed by atoms with E-state index in [1.54, 1.807) is 0 Å². The van der Waals surface area contributed by atoms with Gasteiger partial charge >= 0.3 is 0 Å². The predicted octanol–water partition coefficient (Wildman–Crippen LogP) is 1.77. The summed E-state index contributed by atoms with van der Waals surface area (Å²) in [6.07, 6.45) is 1.02. The molecule has 0 bridgehead atoms. The number of nitrogens with one attached hydrogen (secondary N) is 1. The highest BCUT2D eigenvalue weighted by Crippen LogP contribution is 2.21. The number of halogens is 2. The summed E-state index contributed by atoms with van der Waals surface area (Å²) in [4.78, 5) is 11.3. The molecule has 1 N–H and O–H groups in total. The van der Waals surface area contributed by atoms with Crippen LogP contribution in [0.15, 0.2) is 23.2 Å². The van der Waals surface area contributed by atoms with Gasteiger partial charge in [-0.25, -0.2) is 8.78 Å². The maximum Gasteiger partial charge on any atom is 0.194 e. The van der Waals surface area contributed by atoms with Gasteiger partial charge in [0.25, 0.3) is 0 Å². The average Bonchev–Trinajstić information content (AvgIpc) is 2.73. The average molecular weight is 395 g/mol. The highest BCUT2D eigenvalue weighted by atomic mass is 19.1. The van der Waals surface area contributed by atoms with Crippen LogP contribution in [0.4, 0.5) is 14.5 Å². The van der Waals surface area contributed by atoms with Gasteiger partial charge in [0.05, 0.1) is 18.9 Å². The van der Waals surface area contributed by atoms with E-state index in [1.165, 1.54) is 12.1 Å². The van der Waals surface area contributed by atoms with Crippen LogP contribution in [0.5, 0.6) is 0 Å². The fraction of sp³-hybridized carbons (Fsp3) is 0.650. The Hall–Kier alpha value is -1.93. The zero-order valence-corrected chi connectivity index (χ0v) is 16.7. The van der Waals surface area contributed by atoms with Crippen LogP contribution in [-0.4, -0.2) is 87.9 Å². The van der Waals surface area contributed by atoms with Crippen LogP contribution < -0.4 is 10.2 Å². The van der Waals surface area contributed by atoms with Crippen molar-refractivity contribution in [2.24, 2.45) is 4.99 Å². The summed E-state index contributed by atoms with van der Waals surface area (Å²) in [6, 6.07) is 3.62. The number of morpholine rings is 1. The van der Waals surface area contributed by atoms with E-state index in [0.717, 1.165) is 77.5 Å². The summed E-state index contributed by atoms with van der Waals surface area (Å²) < 4.78 is 32.9. The number of ether oxygens (including phenoxy) is 1. The van der Waals surface area contributed by atoms with Crippen molar-refractivity contribution in [3.05, 3.63) is 29.8 Å². The third-order valence-electron chi connectivity index (χ3n) is 5.16. The van der Waals surface area contributed by atoms with Crippen LogP contribution in [0.25, 0.3) is 0 Å². The minimum Gasteiger partial charge on any atom is -0.379 e. The van der Waals surface area contributed by atoms with E-state index in [9.17, 15) is 8.78 Å². The first kappa shape index (κ1) is 20.8. The molecule has 6 nitrogen and oxygen atoms in total. The van der Waals surface area contributed by atoms with Crippen LogP contribution in [0.1, 0.15) is 13.3 Å². The third kappa shape index (κ3) is 5.78. The van der Waals surface area contributed by atoms with Gasteiger partial charge in [-0.2, -0.15) is 0 Å². The standard InChI is InChI=1S/C20H31F2N5O/c1-2-23-20(24-6-3-7-25-12-14-28-15-13-25)27-10-8-26(9-11-27)19-16-17(21)4-5-18(19)22/h4-5,16H,2-3,6-15H2,1H3,(H,23,24). The summed E-state index contributed by atoms with van der Waals surface area (Å²) in [5.41, 5.74) is 0.340. The summed E-state index contributed by atoms with van der Waals surface area (Å²) in [5, 5.41) is 3.36. The number of hydrogen-bond acceptors (Lipinski definition) is 4. The molecule has 3 rings (SSSR count). The van der Waals surface area contributed by atoms with E-state index < -0.39 is 5.82 Å². The fourth-order valence-corrected chi connectivity index (χ4v) is 3.62. The quantitative estimate of drug-likeness (QED) is 0.452. The number of hydrogen-bond donors (Lipinski definition) is 1. The first-order chi connectivity index (χ1) is 13.7. The first-order valence-electron chi connectivity index (χ1n) is 10.2. The lowest BCUT2D eigenvalue weighted by atomic mass is 10.2. The molecule has 0 aromatic heterocycles. The van der Waals surface area contributed by atoms with E-state index in [-0.39, 0.29) is 5.82 Å². The van der Waals surface area contributed by atoms with Crippen LogP contribution in [-0.2, 0) is 4.74 Å². The third-order valence-corrected chi connectivity index (χ3v) is 5.16. The Balaban J connectivity index is 1.49. The number of aliphatic imine (C=N–C) groups is 1. The van der Waals surface area contributed by atoms with Crippen molar-refractivity contribution in [3.8, 4) is 0 Å². The maximum atomic E-state index is 14.0. The van der Waals surface area contributed by atoms with Crippen molar-refractivity contribution < 1.29 is 13.5 Å². The number of benzene rings is 1. The Bertz CT molecular complexity index is 643. The van der Waals surface area contributed by atoms with Crippen molar-refractivity contribution >= 4 is 11.6 Å². The van der Waals surface area contributed by atoms with Gasteiger partial charge in [0.2, 0.25) is 0 Å². The molecular weight excluding hydrogens is 364 g/mol. The Morgan fingerprint density at radius 1 is 1.11 bits per heavy atom. The van der Waals surface area contributed by atoms with Gasteiger partial charge < -0.3 is 19.9 Å². The molecule has 0 spiro atoms. The second-order valence-electron chi connectivity index (χ2n) is 7.11. The summed E-state index contributed by atoms with van der Waals surface area (Å²) in [7, 11) is 0. The van der Waals surface area contributed by atoms with Crippen LogP contribution in [0.2, 0.25) is 0 Å². The van der Waals surface area contributed by atoms with Gasteiger partial charge in [-0.15, -0.1) is 0 Å². The molecule has 2 fully saturated rings. The van der Waals surface area contributed by atoms with Gasteiger partial charge in [0, 0.05) is 65.0 Å². The van der Waals surface area contributed by atoms with Crippen molar-refractivity contribution in [2.75, 3.05) is 77.0 Å². The highest BCUT2D eigenvalue weighted by Gasteiger charge is 2.22. The molecule has 0 atom stereocenters. The Morgan fingerprint density at radius 2 is 1.86 bits per heavy atom. The maximum absolute atomic E-state index is 14.0. The van der Waals surface area contributed by atoms with Crippen molar-refractivity contribution in [1.29, 1.82) is 0 Å². The Morgan fingerprint density at radius 3 is 2.57 bits per heavy atom. The SMILES string of the molecule is CCNC(=NCCCN1CCOCC1)N1CCN(c2cc(F)ccc2F)CC1. The molecule has 1 aromatic rings. The van der Waals surface area contributed by atoms with E-state index in [1.807, 2.05) is 4.90 Å². The number of guanidine groups is 1. The predicted molar refractivity (Wildman–Crippen MR) is 108 cm³/mol. The van der Waals surface area contributed by atoms with E-state index in [0.29, 0.717) is 18.8 Å². The van der Waals surface area contributed by atoms with E-state index in [4.69, 9.17) is 9.73 Å². The van der Waals surface area contributed by atoms with Crippen molar-refractivity contribution in [3.63, 3.8) is 0 Å². The molecule has 2 heterocycles. The number of rotatable bonds is 6. The molecule has 28 heavy (non-hydrogen) atoms. The van der Waals surface area contributed by atoms with Crippen molar-refractivity contribution in [2.45, 2.75) is 13.3 Å². The van der Waals surface area contributed by atoms with Gasteiger partial charge in [0.1, 0.15) is 11.6 Å². The minimum absolute atomic E-state index is 0.340. The zero-order valence-electron chi connectivity index (χ0n) is 16.7. The lowest BCUT2D eigenvalue weighted by Crippen LogP contribution is -2.52. The first-order valence-corrected chi connectivity index (χ1v) is 10.2. The highest BCUT2D eigenvalue weighted by molar-refractivity contribution is 5.80. The van der Waals surface area contributed by atoms with E-state index >= 15 is 0 Å². The summed E-state index contributed by atoms with van der Waals surface area (Å²) >= 11 is 0. The van der Waals surface area contributed by atoms with Crippen LogP contribution >= 0.6 is 0 Å². The molecular formula is C20H31F2N5O. The Kier molecular flexibility index (Phi) is 7.85. The molecule has 0 saturated carbocycles. The van der Waals surface area contributed by atoms with Gasteiger partial charge in [-0.1, -0.05) is 0 Å². The lowest BCUT2D eigenvalue weighted by Gasteiger charge is -2.37. The molecule has 0 aliphatic carbocycles. The van der Waals surface area contributed by atoms with Gasteiger partial charge in [-0.3, -0.25) is 9.89 Å². The lowest BCUT2D eigenvalue weighted by molar-refractivity contribution is 0.0377. The molecule has 8 heteroatoms. The normalized spacial score (nSPS) is 19.2. The molecule has 0 unspecified atom stereocenters. The number of anilines is 1. The second-order valence-corrected chi connectivity index (χ2v) is 7.11.